The Morgan fingerprint density at radius 2 is 2.35 bits per heavy atom. The van der Waals surface area contributed by atoms with Gasteiger partial charge < -0.3 is 14.8 Å². The number of nitrogens with zero attached hydrogens (tertiary/aromatic N) is 1. The zero-order valence-electron chi connectivity index (χ0n) is 14.8. The lowest BCUT2D eigenvalue weighted by Gasteiger charge is -2.34. The van der Waals surface area contributed by atoms with E-state index >= 15 is 0 Å². The molecular formula is C18H26N4O4. The Kier molecular flexibility index (Phi) is 6.43. The minimum atomic E-state index is -0.524. The predicted octanol–water partition coefficient (Wildman–Crippen LogP) is -0.0752. The van der Waals surface area contributed by atoms with Crippen LogP contribution in [0.1, 0.15) is 24.8 Å². The maximum atomic E-state index is 12.2. The summed E-state index contributed by atoms with van der Waals surface area (Å²) >= 11 is 0. The molecule has 2 atom stereocenters. The number of amides is 2. The lowest BCUT2D eigenvalue weighted by molar-refractivity contribution is -0.134. The van der Waals surface area contributed by atoms with Crippen molar-refractivity contribution in [2.75, 3.05) is 26.3 Å². The largest absolute Gasteiger partial charge is 0.491 e. The Bertz CT molecular complexity index is 633. The monoisotopic (exact) mass is 362 g/mol. The van der Waals surface area contributed by atoms with Crippen LogP contribution in [0.3, 0.4) is 0 Å². The summed E-state index contributed by atoms with van der Waals surface area (Å²) in [7, 11) is 0. The average molecular weight is 362 g/mol. The first-order valence-electron chi connectivity index (χ1n) is 9.00. The second-order valence-corrected chi connectivity index (χ2v) is 6.64. The Morgan fingerprint density at radius 1 is 1.46 bits per heavy atom. The highest BCUT2D eigenvalue weighted by Gasteiger charge is 2.31. The molecular weight excluding hydrogens is 336 g/mol. The maximum absolute atomic E-state index is 12.2. The first-order valence-corrected chi connectivity index (χ1v) is 9.00. The van der Waals surface area contributed by atoms with Crippen LogP contribution in [0.5, 0.6) is 5.75 Å². The minimum absolute atomic E-state index is 0.0392. The standard InChI is InChI=1S/C18H26N4O4/c19-21-17(23)10-16-18(24)20-6-7-22(16)11-13-3-1-4-14(9-13)26-12-15-5-2-8-25-15/h1,3-4,9,15-16H,2,5-8,10-12,19H2,(H,20,24)(H,21,23). The van der Waals surface area contributed by atoms with Gasteiger partial charge in [0, 0.05) is 26.2 Å². The van der Waals surface area contributed by atoms with E-state index in [2.05, 4.69) is 10.7 Å². The summed E-state index contributed by atoms with van der Waals surface area (Å²) in [5.74, 6) is 5.45. The molecule has 8 heteroatoms. The molecule has 0 aliphatic carbocycles. The van der Waals surface area contributed by atoms with Crippen molar-refractivity contribution in [2.45, 2.75) is 38.0 Å². The fraction of sp³-hybridized carbons (Fsp3) is 0.556. The summed E-state index contributed by atoms with van der Waals surface area (Å²) in [4.78, 5) is 25.8. The molecule has 2 fully saturated rings. The normalized spacial score (nSPS) is 23.5. The molecule has 4 N–H and O–H groups in total. The summed E-state index contributed by atoms with van der Waals surface area (Å²) in [6.07, 6.45) is 2.33. The van der Waals surface area contributed by atoms with E-state index in [4.69, 9.17) is 15.3 Å². The smallest absolute Gasteiger partial charge is 0.237 e. The van der Waals surface area contributed by atoms with E-state index in [1.54, 1.807) is 0 Å². The van der Waals surface area contributed by atoms with Crippen molar-refractivity contribution in [3.8, 4) is 5.75 Å². The van der Waals surface area contributed by atoms with Gasteiger partial charge in [-0.1, -0.05) is 12.1 Å². The quantitative estimate of drug-likeness (QED) is 0.356. The fourth-order valence-electron chi connectivity index (χ4n) is 3.34. The molecule has 2 saturated heterocycles. The molecule has 3 rings (SSSR count). The van der Waals surface area contributed by atoms with E-state index in [-0.39, 0.29) is 24.3 Å². The van der Waals surface area contributed by atoms with Crippen molar-refractivity contribution in [1.29, 1.82) is 0 Å². The highest BCUT2D eigenvalue weighted by Crippen LogP contribution is 2.20. The minimum Gasteiger partial charge on any atom is -0.491 e. The summed E-state index contributed by atoms with van der Waals surface area (Å²) in [6.45, 7) is 3.16. The molecule has 0 radical (unpaired) electrons. The fourth-order valence-corrected chi connectivity index (χ4v) is 3.34. The van der Waals surface area contributed by atoms with E-state index < -0.39 is 6.04 Å². The van der Waals surface area contributed by atoms with E-state index in [1.807, 2.05) is 29.2 Å². The van der Waals surface area contributed by atoms with Crippen LogP contribution < -0.4 is 21.3 Å². The number of hydrogen-bond acceptors (Lipinski definition) is 6. The van der Waals surface area contributed by atoms with Crippen molar-refractivity contribution in [3.63, 3.8) is 0 Å². The number of carbonyl (C=O) groups is 2. The molecule has 1 aromatic carbocycles. The zero-order chi connectivity index (χ0) is 18.4. The lowest BCUT2D eigenvalue weighted by Crippen LogP contribution is -2.56. The highest BCUT2D eigenvalue weighted by atomic mass is 16.5. The molecule has 142 valence electrons. The van der Waals surface area contributed by atoms with Crippen LogP contribution in [0.15, 0.2) is 24.3 Å². The van der Waals surface area contributed by atoms with Crippen LogP contribution in [0.25, 0.3) is 0 Å². The van der Waals surface area contributed by atoms with Gasteiger partial charge in [-0.05, 0) is 30.5 Å². The topological polar surface area (TPSA) is 106 Å². The van der Waals surface area contributed by atoms with Gasteiger partial charge in [0.2, 0.25) is 11.8 Å². The third kappa shape index (κ3) is 4.94. The molecule has 0 spiro atoms. The third-order valence-electron chi connectivity index (χ3n) is 4.73. The predicted molar refractivity (Wildman–Crippen MR) is 95.1 cm³/mol. The summed E-state index contributed by atoms with van der Waals surface area (Å²) in [5.41, 5.74) is 3.12. The number of hydrazine groups is 1. The SMILES string of the molecule is NNC(=O)CC1C(=O)NCCN1Cc1cccc(OCC2CCCO2)c1. The van der Waals surface area contributed by atoms with Crippen LogP contribution in [0.4, 0.5) is 0 Å². The van der Waals surface area contributed by atoms with Crippen molar-refractivity contribution < 1.29 is 19.1 Å². The van der Waals surface area contributed by atoms with Crippen LogP contribution >= 0.6 is 0 Å². The van der Waals surface area contributed by atoms with Crippen LogP contribution in [0.2, 0.25) is 0 Å². The number of rotatable bonds is 7. The van der Waals surface area contributed by atoms with Crippen LogP contribution in [-0.4, -0.2) is 55.2 Å². The number of nitrogens with one attached hydrogen (secondary N) is 2. The van der Waals surface area contributed by atoms with Crippen molar-refractivity contribution in [1.82, 2.24) is 15.6 Å². The summed E-state index contributed by atoms with van der Waals surface area (Å²) in [6, 6.07) is 7.29. The Hall–Kier alpha value is -2.16. The Labute approximate surface area is 153 Å². The number of nitrogens with two attached hydrogens (primary N) is 1. The first-order chi connectivity index (χ1) is 12.7. The molecule has 26 heavy (non-hydrogen) atoms. The molecule has 2 amide bonds. The van der Waals surface area contributed by atoms with Gasteiger partial charge in [-0.2, -0.15) is 0 Å². The molecule has 1 aromatic rings. The van der Waals surface area contributed by atoms with Gasteiger partial charge in [0.25, 0.3) is 0 Å². The number of piperazine rings is 1. The second kappa shape index (κ2) is 8.98. The van der Waals surface area contributed by atoms with Gasteiger partial charge in [0.15, 0.2) is 0 Å². The molecule has 2 heterocycles. The van der Waals surface area contributed by atoms with Gasteiger partial charge in [-0.3, -0.25) is 19.9 Å². The maximum Gasteiger partial charge on any atom is 0.237 e. The van der Waals surface area contributed by atoms with Gasteiger partial charge in [-0.25, -0.2) is 5.84 Å². The van der Waals surface area contributed by atoms with E-state index in [9.17, 15) is 9.59 Å². The summed E-state index contributed by atoms with van der Waals surface area (Å²) < 4.78 is 11.4. The molecule has 2 aliphatic heterocycles. The number of carbonyl (C=O) groups excluding carboxylic acids is 2. The Morgan fingerprint density at radius 3 is 3.12 bits per heavy atom. The van der Waals surface area contributed by atoms with Gasteiger partial charge in [-0.15, -0.1) is 0 Å². The van der Waals surface area contributed by atoms with Crippen molar-refractivity contribution in [2.24, 2.45) is 5.84 Å². The Balaban J connectivity index is 1.61. The lowest BCUT2D eigenvalue weighted by atomic mass is 10.1. The number of benzene rings is 1. The molecule has 0 saturated carbocycles. The van der Waals surface area contributed by atoms with Gasteiger partial charge in [0.05, 0.1) is 18.6 Å². The molecule has 8 nitrogen and oxygen atoms in total. The highest BCUT2D eigenvalue weighted by molar-refractivity contribution is 5.88. The van der Waals surface area contributed by atoms with E-state index in [1.165, 1.54) is 0 Å². The molecule has 0 aromatic heterocycles. The number of hydrogen-bond donors (Lipinski definition) is 3. The zero-order valence-corrected chi connectivity index (χ0v) is 14.8. The van der Waals surface area contributed by atoms with Gasteiger partial charge in [0.1, 0.15) is 12.4 Å². The summed E-state index contributed by atoms with van der Waals surface area (Å²) in [5, 5.41) is 2.80. The molecule has 2 aliphatic rings. The second-order valence-electron chi connectivity index (χ2n) is 6.64. The average Bonchev–Trinajstić information content (AvgIpc) is 3.16. The number of ether oxygens (including phenoxy) is 2. The molecule has 2 unspecified atom stereocenters. The van der Waals surface area contributed by atoms with E-state index in [0.717, 1.165) is 30.8 Å². The third-order valence-corrected chi connectivity index (χ3v) is 4.73. The van der Waals surface area contributed by atoms with Crippen molar-refractivity contribution >= 4 is 11.8 Å². The van der Waals surface area contributed by atoms with E-state index in [0.29, 0.717) is 26.2 Å². The molecule has 0 bridgehead atoms. The van der Waals surface area contributed by atoms with Crippen molar-refractivity contribution in [3.05, 3.63) is 29.8 Å². The van der Waals surface area contributed by atoms with Crippen LogP contribution in [0, 0.1) is 0 Å². The van der Waals surface area contributed by atoms with Gasteiger partial charge >= 0.3 is 0 Å². The van der Waals surface area contributed by atoms with Crippen LogP contribution in [-0.2, 0) is 20.9 Å². The first kappa shape index (κ1) is 18.6.